The number of carboxylic acid groups (broad SMARTS) is 1. The number of sulfonamides is 1. The Labute approximate surface area is 172 Å². The van der Waals surface area contributed by atoms with Gasteiger partial charge in [0.1, 0.15) is 5.75 Å². The van der Waals surface area contributed by atoms with E-state index >= 15 is 0 Å². The largest absolute Gasteiger partial charge is 0.478 e. The Hall–Kier alpha value is -2.38. The maximum atomic E-state index is 13.0. The molecule has 2 aromatic rings. The van der Waals surface area contributed by atoms with E-state index in [1.54, 1.807) is 26.0 Å². The summed E-state index contributed by atoms with van der Waals surface area (Å²) in [4.78, 5) is 16.9. The molecule has 0 saturated heterocycles. The van der Waals surface area contributed by atoms with E-state index in [9.17, 15) is 18.3 Å². The Kier molecular flexibility index (Phi) is 6.59. The normalized spacial score (nSPS) is 15.4. The zero-order valence-corrected chi connectivity index (χ0v) is 17.6. The van der Waals surface area contributed by atoms with Gasteiger partial charge in [-0.15, -0.1) is 0 Å². The molecule has 1 fully saturated rings. The molecule has 0 radical (unpaired) electrons. The van der Waals surface area contributed by atoms with Crippen molar-refractivity contribution in [1.82, 2.24) is 4.47 Å². The third-order valence-electron chi connectivity index (χ3n) is 5.43. The van der Waals surface area contributed by atoms with Gasteiger partial charge in [-0.1, -0.05) is 37.5 Å². The SMILES string of the molecule is CCN(Oc1ccc(C2CCCCC2)cc1)S(=O)(=O)c1ccc(C)c(C(=O)O)c1. The Bertz CT molecular complexity index is 963. The topological polar surface area (TPSA) is 83.9 Å². The van der Waals surface area contributed by atoms with Crippen molar-refractivity contribution in [3.8, 4) is 5.75 Å². The number of aromatic carboxylic acids is 1. The van der Waals surface area contributed by atoms with E-state index in [0.29, 0.717) is 17.2 Å². The molecular weight excluding hydrogens is 390 g/mol. The highest BCUT2D eigenvalue weighted by Crippen LogP contribution is 2.33. The first-order chi connectivity index (χ1) is 13.8. The van der Waals surface area contributed by atoms with Gasteiger partial charge in [0.15, 0.2) is 0 Å². The molecule has 0 aliphatic heterocycles. The molecular formula is C22H27NO5S. The van der Waals surface area contributed by atoms with Crippen LogP contribution in [0.5, 0.6) is 5.75 Å². The van der Waals surface area contributed by atoms with Gasteiger partial charge in [0.2, 0.25) is 0 Å². The second-order valence-corrected chi connectivity index (χ2v) is 9.23. The molecule has 6 nitrogen and oxygen atoms in total. The molecule has 3 rings (SSSR count). The summed E-state index contributed by atoms with van der Waals surface area (Å²) in [5.74, 6) is -0.173. The van der Waals surface area contributed by atoms with E-state index in [4.69, 9.17) is 4.84 Å². The highest BCUT2D eigenvalue weighted by Gasteiger charge is 2.27. The number of carboxylic acids is 1. The number of rotatable bonds is 7. The van der Waals surface area contributed by atoms with Gasteiger partial charge in [-0.2, -0.15) is 0 Å². The van der Waals surface area contributed by atoms with Crippen molar-refractivity contribution in [3.63, 3.8) is 0 Å². The summed E-state index contributed by atoms with van der Waals surface area (Å²) < 4.78 is 26.8. The summed E-state index contributed by atoms with van der Waals surface area (Å²) in [5, 5.41) is 9.28. The minimum absolute atomic E-state index is 0.0426. The number of carbonyl (C=O) groups is 1. The average molecular weight is 418 g/mol. The van der Waals surface area contributed by atoms with Crippen LogP contribution < -0.4 is 4.84 Å². The second kappa shape index (κ2) is 8.97. The number of benzene rings is 2. The van der Waals surface area contributed by atoms with E-state index in [-0.39, 0.29) is 17.0 Å². The lowest BCUT2D eigenvalue weighted by atomic mass is 9.84. The lowest BCUT2D eigenvalue weighted by Gasteiger charge is -2.23. The molecule has 7 heteroatoms. The molecule has 1 aliphatic carbocycles. The van der Waals surface area contributed by atoms with Crippen molar-refractivity contribution in [2.45, 2.75) is 56.8 Å². The van der Waals surface area contributed by atoms with Gasteiger partial charge in [-0.25, -0.2) is 13.2 Å². The highest BCUT2D eigenvalue weighted by atomic mass is 32.2. The lowest BCUT2D eigenvalue weighted by Crippen LogP contribution is -2.34. The van der Waals surface area contributed by atoms with Gasteiger partial charge in [-0.05, 0) is 72.5 Å². The van der Waals surface area contributed by atoms with Crippen molar-refractivity contribution in [2.24, 2.45) is 0 Å². The Morgan fingerprint density at radius 1 is 1.10 bits per heavy atom. The molecule has 0 unspecified atom stereocenters. The van der Waals surface area contributed by atoms with Crippen molar-refractivity contribution >= 4 is 16.0 Å². The van der Waals surface area contributed by atoms with Gasteiger partial charge in [-0.3, -0.25) is 0 Å². The molecule has 0 heterocycles. The van der Waals surface area contributed by atoms with Crippen LogP contribution in [0.1, 0.15) is 66.4 Å². The smallest absolute Gasteiger partial charge is 0.335 e. The van der Waals surface area contributed by atoms with Crippen molar-refractivity contribution < 1.29 is 23.2 Å². The molecule has 0 aromatic heterocycles. The fraction of sp³-hybridized carbons (Fsp3) is 0.409. The van der Waals surface area contributed by atoms with Crippen molar-refractivity contribution in [1.29, 1.82) is 0 Å². The summed E-state index contributed by atoms with van der Waals surface area (Å²) in [6, 6.07) is 11.6. The van der Waals surface area contributed by atoms with E-state index in [2.05, 4.69) is 0 Å². The Morgan fingerprint density at radius 3 is 2.34 bits per heavy atom. The minimum Gasteiger partial charge on any atom is -0.478 e. The first-order valence-electron chi connectivity index (χ1n) is 9.97. The molecule has 0 atom stereocenters. The molecule has 1 aliphatic rings. The first-order valence-corrected chi connectivity index (χ1v) is 11.4. The predicted octanol–water partition coefficient (Wildman–Crippen LogP) is 4.75. The minimum atomic E-state index is -4.00. The van der Waals surface area contributed by atoms with E-state index < -0.39 is 16.0 Å². The summed E-state index contributed by atoms with van der Waals surface area (Å²) in [6.07, 6.45) is 6.17. The number of nitrogens with zero attached hydrogens (tertiary/aromatic N) is 1. The number of aryl methyl sites for hydroxylation is 1. The van der Waals surface area contributed by atoms with Crippen molar-refractivity contribution in [2.75, 3.05) is 6.54 Å². The molecule has 29 heavy (non-hydrogen) atoms. The molecule has 0 spiro atoms. The summed E-state index contributed by atoms with van der Waals surface area (Å²) >= 11 is 0. The summed E-state index contributed by atoms with van der Waals surface area (Å²) in [6.45, 7) is 3.38. The van der Waals surface area contributed by atoms with Crippen LogP contribution in [-0.4, -0.2) is 30.5 Å². The van der Waals surface area contributed by atoms with Crippen LogP contribution in [0.3, 0.4) is 0 Å². The third kappa shape index (κ3) is 4.79. The number of hydrogen-bond donors (Lipinski definition) is 1. The van der Waals surface area contributed by atoms with Gasteiger partial charge in [0.25, 0.3) is 10.0 Å². The van der Waals surface area contributed by atoms with E-state index in [1.165, 1.54) is 55.9 Å². The van der Waals surface area contributed by atoms with Crippen molar-refractivity contribution in [3.05, 3.63) is 59.2 Å². The van der Waals surface area contributed by atoms with Crippen LogP contribution in [0.25, 0.3) is 0 Å². The van der Waals surface area contributed by atoms with Crippen LogP contribution in [0.15, 0.2) is 47.4 Å². The van der Waals surface area contributed by atoms with Gasteiger partial charge in [0, 0.05) is 6.54 Å². The van der Waals surface area contributed by atoms with Crippen LogP contribution in [-0.2, 0) is 10.0 Å². The molecule has 156 valence electrons. The zero-order valence-electron chi connectivity index (χ0n) is 16.8. The molecule has 1 N–H and O–H groups in total. The maximum Gasteiger partial charge on any atom is 0.335 e. The first kappa shape index (κ1) is 21.3. The standard InChI is InChI=1S/C22H27NO5S/c1-3-23(29(26,27)20-14-9-16(2)21(15-20)22(24)25)28-19-12-10-18(11-13-19)17-7-5-4-6-8-17/h9-15,17H,3-8H2,1-2H3,(H,24,25). The molecule has 0 amide bonds. The average Bonchev–Trinajstić information content (AvgIpc) is 2.73. The van der Waals surface area contributed by atoms with Gasteiger partial charge in [0.05, 0.1) is 10.5 Å². The summed E-state index contributed by atoms with van der Waals surface area (Å²) in [7, 11) is -4.00. The quantitative estimate of drug-likeness (QED) is 0.658. The fourth-order valence-corrected chi connectivity index (χ4v) is 5.01. The van der Waals surface area contributed by atoms with Crippen LogP contribution in [0.4, 0.5) is 0 Å². The number of hydrogen-bond acceptors (Lipinski definition) is 4. The van der Waals surface area contributed by atoms with Crippen LogP contribution >= 0.6 is 0 Å². The van der Waals surface area contributed by atoms with Crippen LogP contribution in [0, 0.1) is 6.92 Å². The third-order valence-corrected chi connectivity index (χ3v) is 7.15. The van der Waals surface area contributed by atoms with Crippen LogP contribution in [0.2, 0.25) is 0 Å². The zero-order chi connectivity index (χ0) is 21.0. The lowest BCUT2D eigenvalue weighted by molar-refractivity contribution is 0.0415. The fourth-order valence-electron chi connectivity index (χ4n) is 3.75. The predicted molar refractivity (Wildman–Crippen MR) is 111 cm³/mol. The van der Waals surface area contributed by atoms with Gasteiger partial charge >= 0.3 is 5.97 Å². The molecule has 1 saturated carbocycles. The molecule has 0 bridgehead atoms. The highest BCUT2D eigenvalue weighted by molar-refractivity contribution is 7.89. The van der Waals surface area contributed by atoms with Gasteiger partial charge < -0.3 is 9.94 Å². The van der Waals surface area contributed by atoms with E-state index in [1.807, 2.05) is 12.1 Å². The Morgan fingerprint density at radius 2 is 1.76 bits per heavy atom. The second-order valence-electron chi connectivity index (χ2n) is 7.40. The summed E-state index contributed by atoms with van der Waals surface area (Å²) in [5.41, 5.74) is 1.71. The molecule has 2 aromatic carbocycles. The Balaban J connectivity index is 1.80. The van der Waals surface area contributed by atoms with E-state index in [0.717, 1.165) is 4.47 Å². The monoisotopic (exact) mass is 417 g/mol. The maximum absolute atomic E-state index is 13.0. The number of hydroxylamine groups is 1.